The van der Waals surface area contributed by atoms with Gasteiger partial charge in [-0.05, 0) is 75.0 Å². The molecule has 2 heterocycles. The van der Waals surface area contributed by atoms with E-state index in [-0.39, 0.29) is 0 Å². The van der Waals surface area contributed by atoms with Crippen LogP contribution in [0.2, 0.25) is 0 Å². The smallest absolute Gasteiger partial charge is 0.303 e. The van der Waals surface area contributed by atoms with Crippen LogP contribution >= 0.6 is 0 Å². The standard InChI is InChI=1S/C25H29N3O3/c1-18-3-2-4-23(27-18)31-21-6-5-20(17-26)22(16-21)28-13-11-25(12-14-28)9-7-19(8-10-25)15-24(29)30/h2-6,16,19H,7-15H2,1H3,(H,29,30). The van der Waals surface area contributed by atoms with Crippen LogP contribution in [0.3, 0.4) is 0 Å². The number of piperidine rings is 1. The summed E-state index contributed by atoms with van der Waals surface area (Å²) >= 11 is 0. The molecule has 0 bridgehead atoms. The molecule has 1 aromatic carbocycles. The lowest BCUT2D eigenvalue weighted by molar-refractivity contribution is -0.138. The third-order valence-electron chi connectivity index (χ3n) is 6.97. The van der Waals surface area contributed by atoms with Crippen LogP contribution in [0.4, 0.5) is 5.69 Å². The van der Waals surface area contributed by atoms with Crippen LogP contribution in [0.15, 0.2) is 36.4 Å². The Morgan fingerprint density at radius 2 is 1.97 bits per heavy atom. The van der Waals surface area contributed by atoms with Gasteiger partial charge in [0.2, 0.25) is 5.88 Å². The molecular weight excluding hydrogens is 390 g/mol. The number of aryl methyl sites for hydroxylation is 1. The van der Waals surface area contributed by atoms with E-state index < -0.39 is 5.97 Å². The van der Waals surface area contributed by atoms with Crippen molar-refractivity contribution in [1.82, 2.24) is 4.98 Å². The van der Waals surface area contributed by atoms with Crippen molar-refractivity contribution in [2.75, 3.05) is 18.0 Å². The molecule has 2 aromatic rings. The molecule has 1 spiro atoms. The lowest BCUT2D eigenvalue weighted by Gasteiger charge is -2.46. The molecule has 0 radical (unpaired) electrons. The van der Waals surface area contributed by atoms with Crippen molar-refractivity contribution in [1.29, 1.82) is 5.26 Å². The third-order valence-corrected chi connectivity index (χ3v) is 6.97. The second-order valence-corrected chi connectivity index (χ2v) is 9.04. The van der Waals surface area contributed by atoms with Crippen molar-refractivity contribution in [3.8, 4) is 17.7 Å². The maximum absolute atomic E-state index is 11.0. The van der Waals surface area contributed by atoms with Gasteiger partial charge in [0.05, 0.1) is 11.3 Å². The highest BCUT2D eigenvalue weighted by Crippen LogP contribution is 2.47. The lowest BCUT2D eigenvalue weighted by Crippen LogP contribution is -2.42. The maximum Gasteiger partial charge on any atom is 0.303 e. The Kier molecular flexibility index (Phi) is 6.13. The number of benzene rings is 1. The summed E-state index contributed by atoms with van der Waals surface area (Å²) in [6.45, 7) is 3.74. The van der Waals surface area contributed by atoms with Crippen molar-refractivity contribution in [3.05, 3.63) is 47.7 Å². The van der Waals surface area contributed by atoms with E-state index in [2.05, 4.69) is 16.0 Å². The Bertz CT molecular complexity index is 980. The molecule has 0 unspecified atom stereocenters. The van der Waals surface area contributed by atoms with E-state index in [1.165, 1.54) is 0 Å². The number of carboxylic acid groups (broad SMARTS) is 1. The highest BCUT2D eigenvalue weighted by atomic mass is 16.5. The first-order chi connectivity index (χ1) is 15.0. The average Bonchev–Trinajstić information content (AvgIpc) is 2.76. The van der Waals surface area contributed by atoms with Crippen LogP contribution in [0.5, 0.6) is 11.6 Å². The van der Waals surface area contributed by atoms with E-state index in [0.717, 1.165) is 63.0 Å². The van der Waals surface area contributed by atoms with E-state index in [0.29, 0.717) is 34.9 Å². The van der Waals surface area contributed by atoms with Gasteiger partial charge in [-0.1, -0.05) is 6.07 Å². The summed E-state index contributed by atoms with van der Waals surface area (Å²) in [6, 6.07) is 13.6. The summed E-state index contributed by atoms with van der Waals surface area (Å²) in [4.78, 5) is 17.7. The number of nitriles is 1. The van der Waals surface area contributed by atoms with E-state index in [1.54, 1.807) is 0 Å². The number of nitrogens with zero attached hydrogens (tertiary/aromatic N) is 3. The zero-order valence-corrected chi connectivity index (χ0v) is 18.0. The minimum absolute atomic E-state index is 0.302. The van der Waals surface area contributed by atoms with Crippen LogP contribution in [0, 0.1) is 29.6 Å². The van der Waals surface area contributed by atoms with Crippen molar-refractivity contribution in [2.45, 2.75) is 51.9 Å². The van der Waals surface area contributed by atoms with Crippen molar-refractivity contribution in [3.63, 3.8) is 0 Å². The predicted octanol–water partition coefficient (Wildman–Crippen LogP) is 5.31. The normalized spacial score (nSPS) is 18.5. The van der Waals surface area contributed by atoms with Gasteiger partial charge in [0, 0.05) is 37.3 Å². The Morgan fingerprint density at radius 1 is 1.23 bits per heavy atom. The Labute approximate surface area is 183 Å². The van der Waals surface area contributed by atoms with Gasteiger partial charge in [-0.3, -0.25) is 4.79 Å². The number of anilines is 1. The van der Waals surface area contributed by atoms with Gasteiger partial charge in [0.15, 0.2) is 0 Å². The Balaban J connectivity index is 1.43. The van der Waals surface area contributed by atoms with E-state index in [9.17, 15) is 10.1 Å². The van der Waals surface area contributed by atoms with Crippen LogP contribution < -0.4 is 9.64 Å². The number of rotatable bonds is 5. The van der Waals surface area contributed by atoms with Gasteiger partial charge in [0.25, 0.3) is 0 Å². The SMILES string of the molecule is Cc1cccc(Oc2ccc(C#N)c(N3CCC4(CCC(CC(=O)O)CC4)CC3)c2)n1. The fourth-order valence-electron chi connectivity index (χ4n) is 5.09. The molecule has 0 atom stereocenters. The minimum atomic E-state index is -0.678. The second kappa shape index (κ2) is 8.97. The number of hydrogen-bond acceptors (Lipinski definition) is 5. The van der Waals surface area contributed by atoms with Gasteiger partial charge in [-0.25, -0.2) is 4.98 Å². The zero-order valence-electron chi connectivity index (χ0n) is 18.0. The molecule has 0 amide bonds. The van der Waals surface area contributed by atoms with Crippen molar-refractivity contribution in [2.24, 2.45) is 11.3 Å². The average molecular weight is 420 g/mol. The topological polar surface area (TPSA) is 86.5 Å². The van der Waals surface area contributed by atoms with Crippen LogP contribution in [0.1, 0.15) is 56.2 Å². The first-order valence-corrected chi connectivity index (χ1v) is 11.1. The number of carboxylic acids is 1. The highest BCUT2D eigenvalue weighted by Gasteiger charge is 2.38. The number of aliphatic carboxylic acids is 1. The molecule has 6 nitrogen and oxygen atoms in total. The monoisotopic (exact) mass is 419 g/mol. The molecule has 2 fully saturated rings. The maximum atomic E-state index is 11.0. The number of pyridine rings is 1. The van der Waals surface area contributed by atoms with Gasteiger partial charge in [-0.2, -0.15) is 5.26 Å². The summed E-state index contributed by atoms with van der Waals surface area (Å²) in [7, 11) is 0. The molecule has 31 heavy (non-hydrogen) atoms. The molecule has 1 saturated heterocycles. The first-order valence-electron chi connectivity index (χ1n) is 11.1. The van der Waals surface area contributed by atoms with Crippen molar-refractivity contribution < 1.29 is 14.6 Å². The molecule has 4 rings (SSSR count). The number of carbonyl (C=O) groups is 1. The first kappa shape index (κ1) is 21.2. The third kappa shape index (κ3) is 4.99. The molecule has 2 aliphatic rings. The second-order valence-electron chi connectivity index (χ2n) is 9.04. The molecule has 1 aliphatic carbocycles. The number of aromatic nitrogens is 1. The molecule has 1 N–H and O–H groups in total. The largest absolute Gasteiger partial charge is 0.481 e. The van der Waals surface area contributed by atoms with Crippen LogP contribution in [-0.2, 0) is 4.79 Å². The molecule has 162 valence electrons. The summed E-state index contributed by atoms with van der Waals surface area (Å²) in [5, 5.41) is 18.7. The summed E-state index contributed by atoms with van der Waals surface area (Å²) < 4.78 is 5.95. The van der Waals surface area contributed by atoms with Crippen LogP contribution in [-0.4, -0.2) is 29.1 Å². The van der Waals surface area contributed by atoms with Gasteiger partial charge >= 0.3 is 5.97 Å². The summed E-state index contributed by atoms with van der Waals surface area (Å²) in [5.74, 6) is 0.881. The van der Waals surface area contributed by atoms with Crippen LogP contribution in [0.25, 0.3) is 0 Å². The fraction of sp³-hybridized carbons (Fsp3) is 0.480. The Morgan fingerprint density at radius 3 is 2.61 bits per heavy atom. The van der Waals surface area contributed by atoms with Gasteiger partial charge in [0.1, 0.15) is 11.8 Å². The van der Waals surface area contributed by atoms with E-state index in [1.807, 2.05) is 43.3 Å². The fourth-order valence-corrected chi connectivity index (χ4v) is 5.09. The molecular formula is C25H29N3O3. The lowest BCUT2D eigenvalue weighted by atomic mass is 9.65. The zero-order chi connectivity index (χ0) is 21.8. The van der Waals surface area contributed by atoms with Crippen molar-refractivity contribution >= 4 is 11.7 Å². The summed E-state index contributed by atoms with van der Waals surface area (Å²) in [6.07, 6.45) is 6.74. The number of ether oxygens (including phenoxy) is 1. The predicted molar refractivity (Wildman–Crippen MR) is 118 cm³/mol. The number of hydrogen-bond donors (Lipinski definition) is 1. The van der Waals surface area contributed by atoms with Gasteiger partial charge in [-0.15, -0.1) is 0 Å². The molecule has 6 heteroatoms. The van der Waals surface area contributed by atoms with E-state index in [4.69, 9.17) is 9.84 Å². The molecule has 1 aromatic heterocycles. The molecule has 1 saturated carbocycles. The minimum Gasteiger partial charge on any atom is -0.481 e. The quantitative estimate of drug-likeness (QED) is 0.707. The highest BCUT2D eigenvalue weighted by molar-refractivity contribution is 5.67. The molecule has 1 aliphatic heterocycles. The van der Waals surface area contributed by atoms with E-state index >= 15 is 0 Å². The van der Waals surface area contributed by atoms with Gasteiger partial charge < -0.3 is 14.7 Å². The Hall–Kier alpha value is -3.07. The summed E-state index contributed by atoms with van der Waals surface area (Å²) in [5.41, 5.74) is 2.80.